The van der Waals surface area contributed by atoms with E-state index in [9.17, 15) is 0 Å². The molecule has 1 aromatic rings. The molecule has 1 aromatic carbocycles. The molecule has 19 heavy (non-hydrogen) atoms. The predicted octanol–water partition coefficient (Wildman–Crippen LogP) is 2.30. The second-order valence-electron chi connectivity index (χ2n) is 5.89. The quantitative estimate of drug-likeness (QED) is 0.897. The van der Waals surface area contributed by atoms with Crippen molar-refractivity contribution in [2.45, 2.75) is 31.3 Å². The summed E-state index contributed by atoms with van der Waals surface area (Å²) in [6, 6.07) is 11.6. The van der Waals surface area contributed by atoms with Gasteiger partial charge in [0.1, 0.15) is 0 Å². The zero-order valence-electron chi connectivity index (χ0n) is 11.5. The summed E-state index contributed by atoms with van der Waals surface area (Å²) in [5, 5.41) is 12.7. The second-order valence-corrected chi connectivity index (χ2v) is 5.89. The lowest BCUT2D eigenvalue weighted by Gasteiger charge is -2.26. The van der Waals surface area contributed by atoms with Crippen molar-refractivity contribution in [1.82, 2.24) is 10.2 Å². The maximum atomic E-state index is 9.05. The number of nitriles is 1. The summed E-state index contributed by atoms with van der Waals surface area (Å²) < 4.78 is 0. The van der Waals surface area contributed by atoms with Gasteiger partial charge in [0, 0.05) is 18.6 Å². The first-order chi connectivity index (χ1) is 9.28. The van der Waals surface area contributed by atoms with E-state index in [1.54, 1.807) is 0 Å². The van der Waals surface area contributed by atoms with Gasteiger partial charge in [-0.3, -0.25) is 4.90 Å². The van der Waals surface area contributed by atoms with Gasteiger partial charge in [-0.05, 0) is 56.5 Å². The van der Waals surface area contributed by atoms with E-state index in [-0.39, 0.29) is 0 Å². The Bertz CT molecular complexity index is 487. The number of benzene rings is 1. The van der Waals surface area contributed by atoms with Crippen molar-refractivity contribution in [3.05, 3.63) is 35.4 Å². The molecule has 3 rings (SSSR count). The Kier molecular flexibility index (Phi) is 3.54. The molecule has 1 aliphatic heterocycles. The number of likely N-dealkylation sites (tertiary alicyclic amines) is 1. The molecule has 1 aliphatic carbocycles. The van der Waals surface area contributed by atoms with Gasteiger partial charge in [0.05, 0.1) is 11.6 Å². The van der Waals surface area contributed by atoms with Crippen molar-refractivity contribution in [3.63, 3.8) is 0 Å². The van der Waals surface area contributed by atoms with Gasteiger partial charge in [-0.2, -0.15) is 5.26 Å². The number of rotatable bonds is 4. The Balaban J connectivity index is 1.76. The van der Waals surface area contributed by atoms with Gasteiger partial charge < -0.3 is 5.32 Å². The van der Waals surface area contributed by atoms with Crippen LogP contribution in [0.2, 0.25) is 0 Å². The van der Waals surface area contributed by atoms with E-state index >= 15 is 0 Å². The zero-order chi connectivity index (χ0) is 13.2. The molecule has 1 saturated heterocycles. The third-order valence-corrected chi connectivity index (χ3v) is 4.38. The van der Waals surface area contributed by atoms with Crippen LogP contribution in [-0.4, -0.2) is 31.1 Å². The van der Waals surface area contributed by atoms with Crippen LogP contribution in [0.1, 0.15) is 36.4 Å². The molecule has 0 aromatic heterocycles. The molecule has 1 N–H and O–H groups in total. The highest BCUT2D eigenvalue weighted by Crippen LogP contribution is 2.36. The number of hydrogen-bond donors (Lipinski definition) is 1. The van der Waals surface area contributed by atoms with Gasteiger partial charge in [-0.1, -0.05) is 12.1 Å². The molecule has 100 valence electrons. The van der Waals surface area contributed by atoms with Crippen LogP contribution in [-0.2, 0) is 0 Å². The average molecular weight is 255 g/mol. The van der Waals surface area contributed by atoms with Crippen molar-refractivity contribution in [1.29, 1.82) is 5.26 Å². The monoisotopic (exact) mass is 255 g/mol. The number of nitrogens with zero attached hydrogens (tertiary/aromatic N) is 2. The first-order valence-corrected chi connectivity index (χ1v) is 7.21. The Morgan fingerprint density at radius 2 is 2.21 bits per heavy atom. The van der Waals surface area contributed by atoms with E-state index in [1.807, 2.05) is 12.1 Å². The van der Waals surface area contributed by atoms with Crippen molar-refractivity contribution in [2.75, 3.05) is 20.1 Å². The van der Waals surface area contributed by atoms with E-state index in [1.165, 1.54) is 24.8 Å². The smallest absolute Gasteiger partial charge is 0.0991 e. The maximum absolute atomic E-state index is 9.05. The van der Waals surface area contributed by atoms with E-state index in [2.05, 4.69) is 35.5 Å². The number of nitrogens with one attached hydrogen (secondary N) is 1. The summed E-state index contributed by atoms with van der Waals surface area (Å²) in [7, 11) is 2.20. The van der Waals surface area contributed by atoms with Gasteiger partial charge >= 0.3 is 0 Å². The molecule has 2 aliphatic rings. The van der Waals surface area contributed by atoms with E-state index in [0.717, 1.165) is 24.7 Å². The Morgan fingerprint density at radius 3 is 2.95 bits per heavy atom. The van der Waals surface area contributed by atoms with Crippen molar-refractivity contribution in [3.8, 4) is 6.07 Å². The Morgan fingerprint density at radius 1 is 1.37 bits per heavy atom. The summed E-state index contributed by atoms with van der Waals surface area (Å²) in [4.78, 5) is 2.43. The topological polar surface area (TPSA) is 39.1 Å². The van der Waals surface area contributed by atoms with E-state index in [4.69, 9.17) is 5.26 Å². The number of hydrogen-bond acceptors (Lipinski definition) is 3. The highest BCUT2D eigenvalue weighted by Gasteiger charge is 2.34. The van der Waals surface area contributed by atoms with Crippen molar-refractivity contribution < 1.29 is 0 Å². The molecule has 1 saturated carbocycles. The van der Waals surface area contributed by atoms with Crippen LogP contribution in [0.4, 0.5) is 0 Å². The average Bonchev–Trinajstić information content (AvgIpc) is 3.19. The summed E-state index contributed by atoms with van der Waals surface area (Å²) in [6.07, 6.45) is 3.94. The molecule has 0 spiro atoms. The molecule has 2 unspecified atom stereocenters. The van der Waals surface area contributed by atoms with Crippen molar-refractivity contribution >= 4 is 0 Å². The lowest BCUT2D eigenvalue weighted by Crippen LogP contribution is -2.29. The molecule has 3 nitrogen and oxygen atoms in total. The molecule has 0 radical (unpaired) electrons. The third-order valence-electron chi connectivity index (χ3n) is 4.38. The maximum Gasteiger partial charge on any atom is 0.0991 e. The highest BCUT2D eigenvalue weighted by molar-refractivity contribution is 5.35. The van der Waals surface area contributed by atoms with Gasteiger partial charge in [0.2, 0.25) is 0 Å². The van der Waals surface area contributed by atoms with Crippen molar-refractivity contribution in [2.24, 2.45) is 5.92 Å². The lowest BCUT2D eigenvalue weighted by molar-refractivity contribution is 0.272. The summed E-state index contributed by atoms with van der Waals surface area (Å²) >= 11 is 0. The molecule has 2 atom stereocenters. The van der Waals surface area contributed by atoms with Crippen LogP contribution in [0.5, 0.6) is 0 Å². The first-order valence-electron chi connectivity index (χ1n) is 7.21. The van der Waals surface area contributed by atoms with Gasteiger partial charge in [-0.15, -0.1) is 0 Å². The predicted molar refractivity (Wildman–Crippen MR) is 75.7 cm³/mol. The molecule has 1 heterocycles. The summed E-state index contributed by atoms with van der Waals surface area (Å²) in [6.45, 7) is 2.26. The normalized spacial score (nSPS) is 27.4. The van der Waals surface area contributed by atoms with Crippen LogP contribution in [0.25, 0.3) is 0 Å². The Labute approximate surface area is 115 Å². The van der Waals surface area contributed by atoms with Gasteiger partial charge in [-0.25, -0.2) is 0 Å². The highest BCUT2D eigenvalue weighted by atomic mass is 15.2. The summed E-state index contributed by atoms with van der Waals surface area (Å²) in [5.74, 6) is 0.666. The van der Waals surface area contributed by atoms with Crippen LogP contribution in [0.3, 0.4) is 0 Å². The standard InChI is InChI=1S/C16H21N3/c1-19-8-7-14(11-18-15-5-6-15)16(19)13-4-2-3-12(9-13)10-17/h2-4,9,14-16,18H,5-8,11H2,1H3. The largest absolute Gasteiger partial charge is 0.314 e. The summed E-state index contributed by atoms with van der Waals surface area (Å²) in [5.41, 5.74) is 2.06. The molecular formula is C16H21N3. The minimum Gasteiger partial charge on any atom is -0.314 e. The minimum atomic E-state index is 0.458. The van der Waals surface area contributed by atoms with Crippen LogP contribution >= 0.6 is 0 Å². The van der Waals surface area contributed by atoms with Crippen LogP contribution in [0.15, 0.2) is 24.3 Å². The second kappa shape index (κ2) is 5.32. The fourth-order valence-electron chi connectivity index (χ4n) is 3.16. The lowest BCUT2D eigenvalue weighted by atomic mass is 9.92. The third kappa shape index (κ3) is 2.80. The molecule has 2 fully saturated rings. The van der Waals surface area contributed by atoms with Crippen LogP contribution in [0, 0.1) is 17.2 Å². The zero-order valence-corrected chi connectivity index (χ0v) is 11.5. The van der Waals surface area contributed by atoms with Gasteiger partial charge in [0.15, 0.2) is 0 Å². The van der Waals surface area contributed by atoms with E-state index < -0.39 is 0 Å². The van der Waals surface area contributed by atoms with Crippen LogP contribution < -0.4 is 5.32 Å². The molecule has 0 amide bonds. The first kappa shape index (κ1) is 12.7. The molecule has 3 heteroatoms. The SMILES string of the molecule is CN1CCC(CNC2CC2)C1c1cccc(C#N)c1. The molecular weight excluding hydrogens is 234 g/mol. The van der Waals surface area contributed by atoms with Gasteiger partial charge in [0.25, 0.3) is 0 Å². The molecule has 0 bridgehead atoms. The Hall–Kier alpha value is -1.37. The fraction of sp³-hybridized carbons (Fsp3) is 0.562. The van der Waals surface area contributed by atoms with E-state index in [0.29, 0.717) is 12.0 Å². The fourth-order valence-corrected chi connectivity index (χ4v) is 3.16. The minimum absolute atomic E-state index is 0.458.